The van der Waals surface area contributed by atoms with E-state index in [1.54, 1.807) is 0 Å². The summed E-state index contributed by atoms with van der Waals surface area (Å²) in [5.74, 6) is 3.42. The second-order valence-corrected chi connectivity index (χ2v) is 19.0. The lowest BCUT2D eigenvalue weighted by molar-refractivity contribution is -0.219. The Balaban J connectivity index is 1.38. The lowest BCUT2D eigenvalue weighted by Gasteiger charge is -2.64. The normalized spacial score (nSPS) is 51.9. The minimum atomic E-state index is -1.83. The van der Waals surface area contributed by atoms with E-state index in [1.165, 1.54) is 6.42 Å². The topological polar surface area (TPSA) is 46.5 Å². The van der Waals surface area contributed by atoms with E-state index in [-0.39, 0.29) is 22.0 Å². The van der Waals surface area contributed by atoms with Crippen LogP contribution < -0.4 is 0 Å². The highest BCUT2D eigenvalue weighted by Gasteiger charge is 2.69. The maximum Gasteiger partial charge on any atom is 0.192 e. The van der Waals surface area contributed by atoms with E-state index in [1.807, 2.05) is 0 Å². The Morgan fingerprint density at radius 1 is 0.968 bits per heavy atom. The van der Waals surface area contributed by atoms with Gasteiger partial charge in [0.25, 0.3) is 0 Å². The Morgan fingerprint density at radius 2 is 1.68 bits per heavy atom. The van der Waals surface area contributed by atoms with E-state index in [9.17, 15) is 9.90 Å². The number of hydrogen-bond acceptors (Lipinski definition) is 3. The van der Waals surface area contributed by atoms with Gasteiger partial charge in [0.2, 0.25) is 0 Å². The summed E-state index contributed by atoms with van der Waals surface area (Å²) in [4.78, 5) is 13.2. The third kappa shape index (κ3) is 2.92. The van der Waals surface area contributed by atoms with Crippen LogP contribution in [-0.2, 0) is 9.22 Å². The standard InChI is InChI=1S/C27H46O3Si/c1-24(2,3)31(6,7)30-17-10-14-26(5)21-12-13-25(4)22(18-8-9-19(18)23(25)28)20(21)11-15-27(26,29)16-17/h17-22,29H,8-16H2,1-7H3/t17-,18+,19-,20+,21-,22-,25-,26+,27-/m0/s1. The highest BCUT2D eigenvalue weighted by molar-refractivity contribution is 6.74. The predicted octanol–water partition coefficient (Wildman–Crippen LogP) is 6.35. The molecule has 0 heterocycles. The van der Waals surface area contributed by atoms with Crippen molar-refractivity contribution in [1.29, 1.82) is 0 Å². The average molecular weight is 447 g/mol. The van der Waals surface area contributed by atoms with Gasteiger partial charge in [-0.1, -0.05) is 34.6 Å². The number of carbonyl (C=O) groups is 1. The van der Waals surface area contributed by atoms with Gasteiger partial charge in [-0.15, -0.1) is 0 Å². The maximum atomic E-state index is 13.2. The molecular formula is C27H46O3Si. The molecule has 4 heteroatoms. The highest BCUT2D eigenvalue weighted by Crippen LogP contribution is 2.71. The lowest BCUT2D eigenvalue weighted by Crippen LogP contribution is -2.64. The van der Waals surface area contributed by atoms with Crippen LogP contribution in [0.5, 0.6) is 0 Å². The van der Waals surface area contributed by atoms with Gasteiger partial charge < -0.3 is 9.53 Å². The van der Waals surface area contributed by atoms with Crippen LogP contribution >= 0.6 is 0 Å². The SMILES string of the molecule is CC(C)(C)[Si](C)(C)O[C@H]1CC[C@]2(C)[C@H]3CC[C@]4(C)C(=O)[C@H]5CC[C@H]5[C@H]4[C@@H]3CC[C@]2(O)C1. The molecule has 5 aliphatic rings. The lowest BCUT2D eigenvalue weighted by atomic mass is 9.43. The minimum absolute atomic E-state index is 0.0184. The van der Waals surface area contributed by atoms with Crippen molar-refractivity contribution in [3.63, 3.8) is 0 Å². The summed E-state index contributed by atoms with van der Waals surface area (Å²) in [7, 11) is -1.83. The molecule has 5 aliphatic carbocycles. The first-order valence-electron chi connectivity index (χ1n) is 13.2. The summed E-state index contributed by atoms with van der Waals surface area (Å²) in [5, 5.41) is 12.3. The first kappa shape index (κ1) is 22.6. The number of Topliss-reactive ketones (excluding diaryl/α,β-unsaturated/α-hetero) is 1. The van der Waals surface area contributed by atoms with Gasteiger partial charge in [0.1, 0.15) is 5.78 Å². The maximum absolute atomic E-state index is 13.2. The van der Waals surface area contributed by atoms with Gasteiger partial charge in [0.05, 0.1) is 5.60 Å². The number of hydrogen-bond donors (Lipinski definition) is 1. The zero-order valence-electron chi connectivity index (χ0n) is 21.1. The van der Waals surface area contributed by atoms with E-state index in [4.69, 9.17) is 4.43 Å². The molecule has 0 bridgehead atoms. The van der Waals surface area contributed by atoms with Gasteiger partial charge in [-0.25, -0.2) is 0 Å². The van der Waals surface area contributed by atoms with Crippen molar-refractivity contribution in [2.45, 2.75) is 122 Å². The molecule has 0 amide bonds. The summed E-state index contributed by atoms with van der Waals surface area (Å²) in [5.41, 5.74) is -0.689. The molecule has 5 rings (SSSR count). The van der Waals surface area contributed by atoms with Crippen LogP contribution in [0.3, 0.4) is 0 Å². The summed E-state index contributed by atoms with van der Waals surface area (Å²) >= 11 is 0. The number of rotatable bonds is 2. The molecular weight excluding hydrogens is 400 g/mol. The summed E-state index contributed by atoms with van der Waals surface area (Å²) in [6.45, 7) is 16.3. The Bertz CT molecular complexity index is 771. The number of ketones is 1. The van der Waals surface area contributed by atoms with Crippen molar-refractivity contribution in [2.24, 2.45) is 40.4 Å². The third-order valence-electron chi connectivity index (χ3n) is 12.0. The number of fused-ring (bicyclic) bond motifs is 7. The van der Waals surface area contributed by atoms with Gasteiger partial charge in [0.15, 0.2) is 8.32 Å². The van der Waals surface area contributed by atoms with Crippen LogP contribution in [0, 0.1) is 40.4 Å². The van der Waals surface area contributed by atoms with Crippen molar-refractivity contribution >= 4 is 14.1 Å². The Morgan fingerprint density at radius 3 is 2.29 bits per heavy atom. The van der Waals surface area contributed by atoms with Crippen molar-refractivity contribution < 1.29 is 14.3 Å². The van der Waals surface area contributed by atoms with Crippen LogP contribution in [0.2, 0.25) is 18.1 Å². The van der Waals surface area contributed by atoms with Crippen molar-refractivity contribution in [2.75, 3.05) is 0 Å². The first-order chi connectivity index (χ1) is 14.2. The minimum Gasteiger partial charge on any atom is -0.414 e. The van der Waals surface area contributed by atoms with Gasteiger partial charge in [0, 0.05) is 23.9 Å². The molecule has 0 unspecified atom stereocenters. The van der Waals surface area contributed by atoms with E-state index >= 15 is 0 Å². The predicted molar refractivity (Wildman–Crippen MR) is 127 cm³/mol. The van der Waals surface area contributed by atoms with Gasteiger partial charge in [-0.2, -0.15) is 0 Å². The molecule has 5 saturated carbocycles. The molecule has 31 heavy (non-hydrogen) atoms. The van der Waals surface area contributed by atoms with Crippen molar-refractivity contribution in [3.05, 3.63) is 0 Å². The van der Waals surface area contributed by atoms with E-state index in [2.05, 4.69) is 47.7 Å². The van der Waals surface area contributed by atoms with Crippen molar-refractivity contribution in [1.82, 2.24) is 0 Å². The third-order valence-corrected chi connectivity index (χ3v) is 16.5. The summed E-state index contributed by atoms with van der Waals surface area (Å²) in [6.07, 6.45) is 9.79. The molecule has 0 spiro atoms. The van der Waals surface area contributed by atoms with Gasteiger partial charge >= 0.3 is 0 Å². The van der Waals surface area contributed by atoms with Crippen LogP contribution in [-0.4, -0.2) is 30.9 Å². The van der Waals surface area contributed by atoms with Crippen molar-refractivity contribution in [3.8, 4) is 0 Å². The second-order valence-electron chi connectivity index (χ2n) is 14.2. The van der Waals surface area contributed by atoms with Gasteiger partial charge in [-0.3, -0.25) is 4.79 Å². The fourth-order valence-corrected chi connectivity index (χ4v) is 10.3. The second kappa shape index (κ2) is 6.69. The van der Waals surface area contributed by atoms with Crippen LogP contribution in [0.15, 0.2) is 0 Å². The van der Waals surface area contributed by atoms with E-state index < -0.39 is 13.9 Å². The molecule has 5 fully saturated rings. The smallest absolute Gasteiger partial charge is 0.192 e. The quantitative estimate of drug-likeness (QED) is 0.503. The Hall–Kier alpha value is -0.193. The van der Waals surface area contributed by atoms with Crippen LogP contribution in [0.4, 0.5) is 0 Å². The first-order valence-corrected chi connectivity index (χ1v) is 16.1. The summed E-state index contributed by atoms with van der Waals surface area (Å²) in [6, 6.07) is 0. The molecule has 0 radical (unpaired) electrons. The molecule has 3 nitrogen and oxygen atoms in total. The zero-order valence-corrected chi connectivity index (χ0v) is 22.1. The van der Waals surface area contributed by atoms with E-state index in [0.29, 0.717) is 35.4 Å². The number of carbonyl (C=O) groups excluding carboxylic acids is 1. The molecule has 176 valence electrons. The molecule has 0 aromatic rings. The fraction of sp³-hybridized carbons (Fsp3) is 0.963. The zero-order chi connectivity index (χ0) is 22.6. The molecule has 0 aliphatic heterocycles. The molecule has 9 atom stereocenters. The Kier molecular flexibility index (Phi) is 4.88. The van der Waals surface area contributed by atoms with E-state index in [0.717, 1.165) is 51.4 Å². The molecule has 0 aromatic heterocycles. The molecule has 0 aromatic carbocycles. The molecule has 1 N–H and O–H groups in total. The largest absolute Gasteiger partial charge is 0.414 e. The highest BCUT2D eigenvalue weighted by atomic mass is 28.4. The average Bonchev–Trinajstić information content (AvgIpc) is 2.77. The number of aliphatic hydroxyl groups is 1. The van der Waals surface area contributed by atoms with Crippen LogP contribution in [0.25, 0.3) is 0 Å². The van der Waals surface area contributed by atoms with Gasteiger partial charge in [-0.05, 0) is 98.6 Å². The molecule has 0 saturated heterocycles. The Labute approximate surface area is 191 Å². The monoisotopic (exact) mass is 446 g/mol. The summed E-state index contributed by atoms with van der Waals surface area (Å²) < 4.78 is 6.81. The fourth-order valence-electron chi connectivity index (χ4n) is 8.94. The van der Waals surface area contributed by atoms with Crippen LogP contribution in [0.1, 0.15) is 92.4 Å².